The monoisotopic (exact) mass is 270 g/mol. The number of rotatable bonds is 8. The van der Waals surface area contributed by atoms with Gasteiger partial charge < -0.3 is 15.8 Å². The number of carbonyl (C=O) groups is 1. The van der Waals surface area contributed by atoms with Gasteiger partial charge in [0, 0.05) is 25.6 Å². The predicted octanol–water partition coefficient (Wildman–Crippen LogP) is 2.22. The van der Waals surface area contributed by atoms with Gasteiger partial charge in [0.25, 0.3) is 0 Å². The molecular formula is C15H30N2O2. The Morgan fingerprint density at radius 1 is 1.37 bits per heavy atom. The van der Waals surface area contributed by atoms with Crippen LogP contribution in [0.3, 0.4) is 0 Å². The van der Waals surface area contributed by atoms with Crippen molar-refractivity contribution in [1.82, 2.24) is 5.32 Å². The summed E-state index contributed by atoms with van der Waals surface area (Å²) < 4.78 is 5.46. The quantitative estimate of drug-likeness (QED) is 0.665. The summed E-state index contributed by atoms with van der Waals surface area (Å²) in [5.41, 5.74) is 5.93. The van der Waals surface area contributed by atoms with Gasteiger partial charge in [0.1, 0.15) is 0 Å². The fourth-order valence-electron chi connectivity index (χ4n) is 2.63. The van der Waals surface area contributed by atoms with E-state index in [4.69, 9.17) is 10.5 Å². The van der Waals surface area contributed by atoms with E-state index in [1.54, 1.807) is 0 Å². The van der Waals surface area contributed by atoms with E-state index in [1.165, 1.54) is 6.42 Å². The maximum Gasteiger partial charge on any atom is 0.220 e. The average Bonchev–Trinajstić information content (AvgIpc) is 2.33. The number of nitrogens with two attached hydrogens (primary N) is 1. The summed E-state index contributed by atoms with van der Waals surface area (Å²) in [6, 6.07) is 0.305. The van der Waals surface area contributed by atoms with Gasteiger partial charge in [-0.3, -0.25) is 4.79 Å². The number of hydrogen-bond donors (Lipinski definition) is 2. The van der Waals surface area contributed by atoms with Crippen LogP contribution in [-0.4, -0.2) is 31.2 Å². The van der Waals surface area contributed by atoms with E-state index < -0.39 is 0 Å². The molecule has 1 fully saturated rings. The van der Waals surface area contributed by atoms with Crippen LogP contribution < -0.4 is 11.1 Å². The number of unbranched alkanes of at least 4 members (excludes halogenated alkanes) is 1. The summed E-state index contributed by atoms with van der Waals surface area (Å²) in [5.74, 6) is 0.678. The Morgan fingerprint density at radius 2 is 2.16 bits per heavy atom. The molecule has 1 amide bonds. The summed E-state index contributed by atoms with van der Waals surface area (Å²) >= 11 is 0. The molecule has 1 rings (SSSR count). The topological polar surface area (TPSA) is 64.3 Å². The van der Waals surface area contributed by atoms with Crippen molar-refractivity contribution in [2.45, 2.75) is 70.9 Å². The number of carbonyl (C=O) groups excluding carboxylic acids is 1. The Kier molecular flexibility index (Phi) is 8.07. The molecule has 0 radical (unpaired) electrons. The summed E-state index contributed by atoms with van der Waals surface area (Å²) in [5, 5.41) is 3.00. The third kappa shape index (κ3) is 8.22. The Labute approximate surface area is 117 Å². The Bertz CT molecular complexity index is 257. The molecular weight excluding hydrogens is 240 g/mol. The van der Waals surface area contributed by atoms with E-state index in [0.29, 0.717) is 24.5 Å². The van der Waals surface area contributed by atoms with Gasteiger partial charge in [0.15, 0.2) is 0 Å². The molecule has 0 saturated heterocycles. The first kappa shape index (κ1) is 16.4. The van der Waals surface area contributed by atoms with E-state index in [1.807, 2.05) is 13.8 Å². The van der Waals surface area contributed by atoms with Crippen LogP contribution in [0.4, 0.5) is 0 Å². The van der Waals surface area contributed by atoms with E-state index in [-0.39, 0.29) is 5.91 Å². The SMILES string of the molecule is CC(C)OCCCCNC(=O)CC1CCCC(N)C1. The second-order valence-electron chi connectivity index (χ2n) is 5.97. The molecule has 1 aliphatic carbocycles. The number of amides is 1. The third-order valence-corrected chi connectivity index (χ3v) is 3.64. The molecule has 0 aromatic carbocycles. The first-order chi connectivity index (χ1) is 9.08. The minimum Gasteiger partial charge on any atom is -0.379 e. The van der Waals surface area contributed by atoms with Gasteiger partial charge in [-0.05, 0) is 51.9 Å². The molecule has 19 heavy (non-hydrogen) atoms. The Hall–Kier alpha value is -0.610. The van der Waals surface area contributed by atoms with Crippen LogP contribution in [0.5, 0.6) is 0 Å². The molecule has 4 nitrogen and oxygen atoms in total. The molecule has 0 heterocycles. The van der Waals surface area contributed by atoms with Crippen molar-refractivity contribution in [3.8, 4) is 0 Å². The molecule has 0 bridgehead atoms. The minimum atomic E-state index is 0.184. The Balaban J connectivity index is 1.98. The molecule has 0 aliphatic heterocycles. The Morgan fingerprint density at radius 3 is 2.84 bits per heavy atom. The fourth-order valence-corrected chi connectivity index (χ4v) is 2.63. The molecule has 2 unspecified atom stereocenters. The number of ether oxygens (including phenoxy) is 1. The molecule has 3 N–H and O–H groups in total. The lowest BCUT2D eigenvalue weighted by Crippen LogP contribution is -2.32. The molecule has 0 spiro atoms. The highest BCUT2D eigenvalue weighted by Crippen LogP contribution is 2.25. The van der Waals surface area contributed by atoms with Crippen LogP contribution in [0.25, 0.3) is 0 Å². The highest BCUT2D eigenvalue weighted by Gasteiger charge is 2.21. The maximum atomic E-state index is 11.8. The summed E-state index contributed by atoms with van der Waals surface area (Å²) in [6.07, 6.45) is 7.40. The first-order valence-corrected chi connectivity index (χ1v) is 7.71. The van der Waals surface area contributed by atoms with Gasteiger partial charge in [-0.2, -0.15) is 0 Å². The van der Waals surface area contributed by atoms with Crippen LogP contribution in [0, 0.1) is 5.92 Å². The van der Waals surface area contributed by atoms with Crippen molar-refractivity contribution in [2.75, 3.05) is 13.2 Å². The van der Waals surface area contributed by atoms with Crippen LogP contribution in [-0.2, 0) is 9.53 Å². The lowest BCUT2D eigenvalue weighted by atomic mass is 9.84. The smallest absolute Gasteiger partial charge is 0.220 e. The van der Waals surface area contributed by atoms with Gasteiger partial charge in [-0.1, -0.05) is 6.42 Å². The number of hydrogen-bond acceptors (Lipinski definition) is 3. The van der Waals surface area contributed by atoms with Crippen LogP contribution in [0.2, 0.25) is 0 Å². The summed E-state index contributed by atoms with van der Waals surface area (Å²) in [6.45, 7) is 5.62. The van der Waals surface area contributed by atoms with Crippen molar-refractivity contribution in [3.05, 3.63) is 0 Å². The summed E-state index contributed by atoms with van der Waals surface area (Å²) in [4.78, 5) is 11.8. The second kappa shape index (κ2) is 9.32. The van der Waals surface area contributed by atoms with E-state index in [9.17, 15) is 4.79 Å². The molecule has 2 atom stereocenters. The third-order valence-electron chi connectivity index (χ3n) is 3.64. The van der Waals surface area contributed by atoms with Crippen molar-refractivity contribution in [1.29, 1.82) is 0 Å². The van der Waals surface area contributed by atoms with E-state index >= 15 is 0 Å². The minimum absolute atomic E-state index is 0.184. The van der Waals surface area contributed by atoms with Gasteiger partial charge in [-0.15, -0.1) is 0 Å². The second-order valence-corrected chi connectivity index (χ2v) is 5.97. The molecule has 4 heteroatoms. The average molecular weight is 270 g/mol. The van der Waals surface area contributed by atoms with Gasteiger partial charge in [-0.25, -0.2) is 0 Å². The normalized spacial score (nSPS) is 23.6. The van der Waals surface area contributed by atoms with E-state index in [2.05, 4.69) is 5.32 Å². The lowest BCUT2D eigenvalue weighted by molar-refractivity contribution is -0.122. The molecule has 0 aromatic heterocycles. The lowest BCUT2D eigenvalue weighted by Gasteiger charge is -2.26. The highest BCUT2D eigenvalue weighted by atomic mass is 16.5. The standard InChI is InChI=1S/C15H30N2O2/c1-12(2)19-9-4-3-8-17-15(18)11-13-6-5-7-14(16)10-13/h12-14H,3-11,16H2,1-2H3,(H,17,18). The van der Waals surface area contributed by atoms with Gasteiger partial charge in [0.05, 0.1) is 6.10 Å². The van der Waals surface area contributed by atoms with Crippen molar-refractivity contribution >= 4 is 5.91 Å². The summed E-state index contributed by atoms with van der Waals surface area (Å²) in [7, 11) is 0. The molecule has 1 aliphatic rings. The van der Waals surface area contributed by atoms with Crippen molar-refractivity contribution in [2.24, 2.45) is 11.7 Å². The van der Waals surface area contributed by atoms with Crippen molar-refractivity contribution in [3.63, 3.8) is 0 Å². The first-order valence-electron chi connectivity index (χ1n) is 7.71. The van der Waals surface area contributed by atoms with Gasteiger partial charge >= 0.3 is 0 Å². The molecule has 112 valence electrons. The zero-order valence-corrected chi connectivity index (χ0v) is 12.5. The van der Waals surface area contributed by atoms with Crippen LogP contribution in [0.15, 0.2) is 0 Å². The number of nitrogens with one attached hydrogen (secondary N) is 1. The van der Waals surface area contributed by atoms with Crippen LogP contribution >= 0.6 is 0 Å². The largest absolute Gasteiger partial charge is 0.379 e. The van der Waals surface area contributed by atoms with Crippen molar-refractivity contribution < 1.29 is 9.53 Å². The predicted molar refractivity (Wildman–Crippen MR) is 77.9 cm³/mol. The molecule has 1 saturated carbocycles. The van der Waals surface area contributed by atoms with E-state index in [0.717, 1.165) is 45.3 Å². The molecule has 0 aromatic rings. The van der Waals surface area contributed by atoms with Gasteiger partial charge in [0.2, 0.25) is 5.91 Å². The fraction of sp³-hybridized carbons (Fsp3) is 0.933. The maximum absolute atomic E-state index is 11.8. The highest BCUT2D eigenvalue weighted by molar-refractivity contribution is 5.76. The van der Waals surface area contributed by atoms with Crippen LogP contribution in [0.1, 0.15) is 58.8 Å². The zero-order valence-electron chi connectivity index (χ0n) is 12.5. The zero-order chi connectivity index (χ0) is 14.1.